The second-order valence-electron chi connectivity index (χ2n) is 6.68. The Balaban J connectivity index is 1.93. The lowest BCUT2D eigenvalue weighted by Gasteiger charge is -2.19. The standard InChI is InChI=1S/C17H27N5O3/c1-11(2)13(10-23)18-16(24)7-5-6-14-19-20-15-8-9-17(21-22(14)15)25-12(3)4/h8-9,11-13,23H,5-7,10H2,1-4H3,(H,18,24)/t13-/m0/s1. The number of aliphatic hydroxyl groups excluding tert-OH is 1. The molecule has 8 nitrogen and oxygen atoms in total. The molecule has 0 aliphatic carbocycles. The first-order valence-electron chi connectivity index (χ1n) is 8.69. The van der Waals surface area contributed by atoms with E-state index >= 15 is 0 Å². The number of carbonyl (C=O) groups excluding carboxylic acids is 1. The Kier molecular flexibility index (Phi) is 6.69. The molecule has 0 unspecified atom stereocenters. The van der Waals surface area contributed by atoms with Gasteiger partial charge in [-0.1, -0.05) is 13.8 Å². The number of nitrogens with zero attached hydrogens (tertiary/aromatic N) is 4. The van der Waals surface area contributed by atoms with Crippen molar-refractivity contribution in [3.05, 3.63) is 18.0 Å². The van der Waals surface area contributed by atoms with Gasteiger partial charge in [-0.15, -0.1) is 15.3 Å². The average Bonchev–Trinajstić information content (AvgIpc) is 2.94. The van der Waals surface area contributed by atoms with Crippen molar-refractivity contribution < 1.29 is 14.6 Å². The van der Waals surface area contributed by atoms with E-state index in [1.807, 2.05) is 33.8 Å². The predicted molar refractivity (Wildman–Crippen MR) is 93.3 cm³/mol. The minimum atomic E-state index is -0.209. The number of aliphatic hydroxyl groups is 1. The minimum absolute atomic E-state index is 0.0361. The first-order chi connectivity index (χ1) is 11.9. The highest BCUT2D eigenvalue weighted by Gasteiger charge is 2.15. The molecule has 0 aromatic carbocycles. The monoisotopic (exact) mass is 349 g/mol. The lowest BCUT2D eigenvalue weighted by atomic mass is 10.1. The van der Waals surface area contributed by atoms with E-state index in [-0.39, 0.29) is 30.6 Å². The van der Waals surface area contributed by atoms with Crippen LogP contribution in [0, 0.1) is 5.92 Å². The van der Waals surface area contributed by atoms with Crippen molar-refractivity contribution in [2.45, 2.75) is 59.1 Å². The number of nitrogens with one attached hydrogen (secondary N) is 1. The number of carbonyl (C=O) groups is 1. The molecule has 2 rings (SSSR count). The topological polar surface area (TPSA) is 102 Å². The number of aryl methyl sites for hydroxylation is 1. The average molecular weight is 349 g/mol. The van der Waals surface area contributed by atoms with Gasteiger partial charge in [-0.3, -0.25) is 4.79 Å². The van der Waals surface area contributed by atoms with Crippen LogP contribution in [0.5, 0.6) is 5.88 Å². The largest absolute Gasteiger partial charge is 0.474 e. The van der Waals surface area contributed by atoms with Crippen LogP contribution in [0.25, 0.3) is 5.65 Å². The molecule has 0 radical (unpaired) electrons. The molecule has 1 amide bonds. The number of aromatic nitrogens is 4. The highest BCUT2D eigenvalue weighted by Crippen LogP contribution is 2.12. The maximum atomic E-state index is 12.0. The summed E-state index contributed by atoms with van der Waals surface area (Å²) in [6.45, 7) is 7.75. The highest BCUT2D eigenvalue weighted by atomic mass is 16.5. The molecule has 2 aromatic rings. The third kappa shape index (κ3) is 5.38. The molecule has 25 heavy (non-hydrogen) atoms. The summed E-state index contributed by atoms with van der Waals surface area (Å²) in [5.41, 5.74) is 0.649. The van der Waals surface area contributed by atoms with Crippen molar-refractivity contribution in [2.75, 3.05) is 6.61 Å². The molecule has 0 aliphatic rings. The van der Waals surface area contributed by atoms with E-state index in [2.05, 4.69) is 20.6 Å². The van der Waals surface area contributed by atoms with E-state index in [0.29, 0.717) is 36.6 Å². The van der Waals surface area contributed by atoms with E-state index in [0.717, 1.165) is 0 Å². The van der Waals surface area contributed by atoms with Crippen molar-refractivity contribution in [1.82, 2.24) is 25.1 Å². The first-order valence-corrected chi connectivity index (χ1v) is 8.69. The molecule has 138 valence electrons. The van der Waals surface area contributed by atoms with Crippen LogP contribution in [0.3, 0.4) is 0 Å². The molecule has 0 saturated heterocycles. The van der Waals surface area contributed by atoms with Gasteiger partial charge in [0.1, 0.15) is 0 Å². The van der Waals surface area contributed by atoms with Crippen LogP contribution >= 0.6 is 0 Å². The molecule has 2 N–H and O–H groups in total. The predicted octanol–water partition coefficient (Wildman–Crippen LogP) is 1.37. The van der Waals surface area contributed by atoms with Gasteiger partial charge in [-0.25, -0.2) is 0 Å². The SMILES string of the molecule is CC(C)Oc1ccc2nnc(CCCC(=O)N[C@@H](CO)C(C)C)n2n1. The highest BCUT2D eigenvalue weighted by molar-refractivity contribution is 5.76. The molecule has 0 bridgehead atoms. The normalized spacial score (nSPS) is 12.8. The van der Waals surface area contributed by atoms with Crippen LogP contribution in [0.15, 0.2) is 12.1 Å². The third-order valence-electron chi connectivity index (χ3n) is 3.81. The van der Waals surface area contributed by atoms with Crippen molar-refractivity contribution in [2.24, 2.45) is 5.92 Å². The molecule has 0 fully saturated rings. The lowest BCUT2D eigenvalue weighted by molar-refractivity contribution is -0.122. The van der Waals surface area contributed by atoms with Crippen LogP contribution in [0.4, 0.5) is 0 Å². The molecular formula is C17H27N5O3. The summed E-state index contributed by atoms with van der Waals surface area (Å²) in [4.78, 5) is 12.0. The van der Waals surface area contributed by atoms with Gasteiger partial charge in [-0.05, 0) is 32.3 Å². The summed E-state index contributed by atoms with van der Waals surface area (Å²) in [7, 11) is 0. The Bertz CT molecular complexity index is 699. The number of amides is 1. The Morgan fingerprint density at radius 2 is 2.04 bits per heavy atom. The van der Waals surface area contributed by atoms with Crippen LogP contribution in [0.1, 0.15) is 46.4 Å². The number of hydrogen-bond acceptors (Lipinski definition) is 6. The fourth-order valence-electron chi connectivity index (χ4n) is 2.39. The Morgan fingerprint density at radius 3 is 2.68 bits per heavy atom. The fraction of sp³-hybridized carbons (Fsp3) is 0.647. The summed E-state index contributed by atoms with van der Waals surface area (Å²) in [5.74, 6) is 1.33. The number of hydrogen-bond donors (Lipinski definition) is 2. The van der Waals surface area contributed by atoms with Gasteiger partial charge in [0, 0.05) is 18.9 Å². The molecule has 0 aliphatic heterocycles. The van der Waals surface area contributed by atoms with Gasteiger partial charge in [-0.2, -0.15) is 4.52 Å². The molecule has 2 aromatic heterocycles. The fourth-order valence-corrected chi connectivity index (χ4v) is 2.39. The zero-order chi connectivity index (χ0) is 18.4. The van der Waals surface area contributed by atoms with Gasteiger partial charge in [0.15, 0.2) is 11.5 Å². The second kappa shape index (κ2) is 8.75. The Morgan fingerprint density at radius 1 is 1.28 bits per heavy atom. The summed E-state index contributed by atoms with van der Waals surface area (Å²) in [6, 6.07) is 3.36. The zero-order valence-corrected chi connectivity index (χ0v) is 15.3. The maximum absolute atomic E-state index is 12.0. The van der Waals surface area contributed by atoms with Crippen molar-refractivity contribution >= 4 is 11.6 Å². The van der Waals surface area contributed by atoms with E-state index < -0.39 is 0 Å². The van der Waals surface area contributed by atoms with Crippen molar-refractivity contribution in [3.63, 3.8) is 0 Å². The van der Waals surface area contributed by atoms with Gasteiger partial charge < -0.3 is 15.2 Å². The van der Waals surface area contributed by atoms with Crippen molar-refractivity contribution in [3.8, 4) is 5.88 Å². The quantitative estimate of drug-likeness (QED) is 0.709. The molecule has 8 heteroatoms. The number of ether oxygens (including phenoxy) is 1. The van der Waals surface area contributed by atoms with Gasteiger partial charge in [0.05, 0.1) is 18.8 Å². The van der Waals surface area contributed by atoms with E-state index in [4.69, 9.17) is 4.74 Å². The zero-order valence-electron chi connectivity index (χ0n) is 15.3. The van der Waals surface area contributed by atoms with Gasteiger partial charge in [0.2, 0.25) is 11.8 Å². The molecule has 0 spiro atoms. The summed E-state index contributed by atoms with van der Waals surface area (Å²) in [5, 5.41) is 24.7. The maximum Gasteiger partial charge on any atom is 0.232 e. The van der Waals surface area contributed by atoms with E-state index in [1.165, 1.54) is 0 Å². The summed E-state index contributed by atoms with van der Waals surface area (Å²) in [6.07, 6.45) is 1.60. The van der Waals surface area contributed by atoms with Crippen molar-refractivity contribution in [1.29, 1.82) is 0 Å². The smallest absolute Gasteiger partial charge is 0.232 e. The summed E-state index contributed by atoms with van der Waals surface area (Å²) < 4.78 is 7.25. The van der Waals surface area contributed by atoms with E-state index in [9.17, 15) is 9.90 Å². The molecular weight excluding hydrogens is 322 g/mol. The van der Waals surface area contributed by atoms with Crippen LogP contribution in [-0.4, -0.2) is 49.6 Å². The third-order valence-corrected chi connectivity index (χ3v) is 3.81. The van der Waals surface area contributed by atoms with Crippen LogP contribution < -0.4 is 10.1 Å². The Labute approximate surface area is 147 Å². The Hall–Kier alpha value is -2.22. The lowest BCUT2D eigenvalue weighted by Crippen LogP contribution is -2.41. The minimum Gasteiger partial charge on any atom is -0.474 e. The molecule has 2 heterocycles. The first kappa shape index (κ1) is 19.1. The number of fused-ring (bicyclic) bond motifs is 1. The number of rotatable bonds is 9. The summed E-state index contributed by atoms with van der Waals surface area (Å²) >= 11 is 0. The second-order valence-corrected chi connectivity index (χ2v) is 6.68. The van der Waals surface area contributed by atoms with Gasteiger partial charge in [0.25, 0.3) is 0 Å². The van der Waals surface area contributed by atoms with E-state index in [1.54, 1.807) is 10.6 Å². The molecule has 0 saturated carbocycles. The van der Waals surface area contributed by atoms with Crippen LogP contribution in [0.2, 0.25) is 0 Å². The van der Waals surface area contributed by atoms with Gasteiger partial charge >= 0.3 is 0 Å². The molecule has 1 atom stereocenters. The van der Waals surface area contributed by atoms with Crippen LogP contribution in [-0.2, 0) is 11.2 Å².